The number of hydrogen-bond acceptors (Lipinski definition) is 3. The van der Waals surface area contributed by atoms with E-state index in [0.29, 0.717) is 0 Å². The van der Waals surface area contributed by atoms with Gasteiger partial charge in [-0.2, -0.15) is 0 Å². The molecule has 0 fully saturated rings. The first-order valence-electron chi connectivity index (χ1n) is 25.3. The molecule has 0 unspecified atom stereocenters. The second-order valence-corrected chi connectivity index (χ2v) is 27.5. The smallest absolute Gasteiger partial charge is 0.297 e. The molecule has 0 N–H and O–H groups in total. The summed E-state index contributed by atoms with van der Waals surface area (Å²) in [5, 5.41) is 0. The normalized spacial score (nSPS) is 21.4. The van der Waals surface area contributed by atoms with E-state index in [2.05, 4.69) is 202 Å². The Kier molecular flexibility index (Phi) is 9.27. The summed E-state index contributed by atoms with van der Waals surface area (Å²) in [6, 6.07) is 25.3. The predicted octanol–water partition coefficient (Wildman–Crippen LogP) is 15.3. The highest BCUT2D eigenvalue weighted by molar-refractivity contribution is 6.99. The van der Waals surface area contributed by atoms with Gasteiger partial charge >= 0.3 is 0 Å². The van der Waals surface area contributed by atoms with E-state index >= 15 is 0 Å². The fourth-order valence-electron chi connectivity index (χ4n) is 12.9. The van der Waals surface area contributed by atoms with E-state index in [1.54, 1.807) is 0 Å². The van der Waals surface area contributed by atoms with E-state index in [9.17, 15) is 0 Å². The highest BCUT2D eigenvalue weighted by atomic mass is 16.3. The van der Waals surface area contributed by atoms with Gasteiger partial charge in [-0.05, 0) is 170 Å². The third-order valence-corrected chi connectivity index (χ3v) is 17.8. The molecule has 3 nitrogen and oxygen atoms in total. The second-order valence-electron chi connectivity index (χ2n) is 27.5. The molecule has 2 aliphatic heterocycles. The summed E-state index contributed by atoms with van der Waals surface area (Å²) in [4.78, 5) is 5.41. The molecule has 0 spiro atoms. The molecule has 0 radical (unpaired) electrons. The van der Waals surface area contributed by atoms with E-state index in [-0.39, 0.29) is 50.0 Å². The first-order chi connectivity index (χ1) is 29.9. The predicted molar refractivity (Wildman–Crippen MR) is 281 cm³/mol. The molecule has 1 aromatic heterocycles. The lowest BCUT2D eigenvalue weighted by atomic mass is 9.34. The average molecular weight is 867 g/mol. The van der Waals surface area contributed by atoms with Gasteiger partial charge in [0, 0.05) is 39.4 Å². The van der Waals surface area contributed by atoms with Crippen molar-refractivity contribution < 1.29 is 4.42 Å². The molecule has 5 aliphatic rings. The maximum absolute atomic E-state index is 7.80. The fourth-order valence-corrected chi connectivity index (χ4v) is 12.9. The number of benzene rings is 4. The summed E-state index contributed by atoms with van der Waals surface area (Å²) in [6.45, 7) is 46.1. The maximum Gasteiger partial charge on any atom is 0.297 e. The van der Waals surface area contributed by atoms with Gasteiger partial charge in [-0.25, -0.2) is 0 Å². The SMILES string of the molecule is Cc1cc(C(C)(C)C)ccc1N1c2cc(C(C)(C)C)cc3c2B(c2cc4c(cc2N3c2ccc3c(c2)C(C)(C)CCC3(C)C)C(C)(C)CCC4(C)C)c2oc3c(c21)C(C)(C)CCC3(C)C. The Bertz CT molecular complexity index is 2830. The van der Waals surface area contributed by atoms with Crippen molar-refractivity contribution in [3.05, 3.63) is 111 Å². The highest BCUT2D eigenvalue weighted by Crippen LogP contribution is 2.57. The number of rotatable bonds is 2. The highest BCUT2D eigenvalue weighted by Gasteiger charge is 2.54. The van der Waals surface area contributed by atoms with E-state index in [1.807, 2.05) is 0 Å². The van der Waals surface area contributed by atoms with Crippen LogP contribution in [0.15, 0.2) is 65.1 Å². The molecule has 10 rings (SSSR count). The first kappa shape index (κ1) is 44.7. The average Bonchev–Trinajstić information content (AvgIpc) is 3.62. The Hall–Kier alpha value is -4.18. The molecule has 65 heavy (non-hydrogen) atoms. The Labute approximate surface area is 394 Å². The van der Waals surface area contributed by atoms with Crippen molar-refractivity contribution >= 4 is 57.4 Å². The van der Waals surface area contributed by atoms with Crippen LogP contribution in [0.4, 0.5) is 34.1 Å². The van der Waals surface area contributed by atoms with Crippen molar-refractivity contribution in [3.63, 3.8) is 0 Å². The molecule has 0 bridgehead atoms. The third kappa shape index (κ3) is 6.54. The van der Waals surface area contributed by atoms with Crippen LogP contribution in [0.2, 0.25) is 0 Å². The van der Waals surface area contributed by atoms with Gasteiger partial charge < -0.3 is 14.2 Å². The number of furan rings is 1. The first-order valence-corrected chi connectivity index (χ1v) is 25.3. The fraction of sp³-hybridized carbons (Fsp3) is 0.541. The summed E-state index contributed by atoms with van der Waals surface area (Å²) in [6.07, 6.45) is 6.95. The Morgan fingerprint density at radius 1 is 0.477 bits per heavy atom. The summed E-state index contributed by atoms with van der Waals surface area (Å²) >= 11 is 0. The van der Waals surface area contributed by atoms with Gasteiger partial charge in [-0.3, -0.25) is 0 Å². The molecular formula is C61H79BN2O. The van der Waals surface area contributed by atoms with E-state index < -0.39 is 0 Å². The molecule has 4 aromatic carbocycles. The Balaban J connectivity index is 1.39. The molecule has 0 saturated heterocycles. The van der Waals surface area contributed by atoms with Crippen molar-refractivity contribution in [1.82, 2.24) is 0 Å². The van der Waals surface area contributed by atoms with Crippen LogP contribution in [0.25, 0.3) is 0 Å². The molecule has 3 heterocycles. The molecule has 0 amide bonds. The zero-order chi connectivity index (χ0) is 47.1. The topological polar surface area (TPSA) is 19.6 Å². The summed E-state index contributed by atoms with van der Waals surface area (Å²) in [7, 11) is 0. The van der Waals surface area contributed by atoms with Gasteiger partial charge in [-0.1, -0.05) is 149 Å². The minimum Gasteiger partial charge on any atom is -0.472 e. The molecule has 0 saturated carbocycles. The van der Waals surface area contributed by atoms with Gasteiger partial charge in [-0.15, -0.1) is 0 Å². The van der Waals surface area contributed by atoms with Gasteiger partial charge in [0.25, 0.3) is 6.71 Å². The van der Waals surface area contributed by atoms with E-state index in [0.717, 1.165) is 18.5 Å². The second kappa shape index (κ2) is 13.5. The monoisotopic (exact) mass is 867 g/mol. The van der Waals surface area contributed by atoms with Crippen LogP contribution in [-0.2, 0) is 43.3 Å². The lowest BCUT2D eigenvalue weighted by Crippen LogP contribution is -2.61. The van der Waals surface area contributed by atoms with Crippen LogP contribution in [0.5, 0.6) is 0 Å². The molecule has 342 valence electrons. The van der Waals surface area contributed by atoms with Crippen LogP contribution < -0.4 is 26.4 Å². The number of aryl methyl sites for hydroxylation is 1. The van der Waals surface area contributed by atoms with Crippen LogP contribution in [0.3, 0.4) is 0 Å². The van der Waals surface area contributed by atoms with Crippen LogP contribution in [-0.4, -0.2) is 6.71 Å². The number of hydrogen-bond donors (Lipinski definition) is 0. The van der Waals surface area contributed by atoms with Crippen molar-refractivity contribution in [2.75, 3.05) is 9.80 Å². The summed E-state index contributed by atoms with van der Waals surface area (Å²) < 4.78 is 7.80. The van der Waals surface area contributed by atoms with Gasteiger partial charge in [0.05, 0.1) is 11.3 Å². The zero-order valence-corrected chi connectivity index (χ0v) is 43.9. The molecular weight excluding hydrogens is 787 g/mol. The molecule has 3 aliphatic carbocycles. The van der Waals surface area contributed by atoms with Crippen molar-refractivity contribution in [2.24, 2.45) is 0 Å². The number of nitrogens with zero attached hydrogens (tertiary/aromatic N) is 2. The van der Waals surface area contributed by atoms with E-state index in [1.165, 1.54) is 121 Å². The largest absolute Gasteiger partial charge is 0.472 e. The van der Waals surface area contributed by atoms with Crippen molar-refractivity contribution in [1.29, 1.82) is 0 Å². The standard InChI is InChI=1S/C61H79BN2O/c1-36-30-37(54(2,3)4)20-23-45(36)64-48-32-38(55(5,6)7)31-47-50(48)62(53-51(64)49-52(65-53)61(18,19)29-28-60(49,16)17)44-34-42-43(59(14,15)27-26-58(42,12)13)35-46(44)63(47)39-21-22-40-41(33-39)57(10,11)25-24-56(40,8)9/h20-23,30-35H,24-29H2,1-19H3. The van der Waals surface area contributed by atoms with Crippen molar-refractivity contribution in [3.8, 4) is 0 Å². The maximum atomic E-state index is 7.80. The van der Waals surface area contributed by atoms with Crippen LogP contribution >= 0.6 is 0 Å². The lowest BCUT2D eigenvalue weighted by Gasteiger charge is -2.48. The third-order valence-electron chi connectivity index (χ3n) is 17.8. The number of fused-ring (bicyclic) bond motifs is 8. The van der Waals surface area contributed by atoms with Crippen LogP contribution in [0, 0.1) is 6.92 Å². The summed E-state index contributed by atoms with van der Waals surface area (Å²) in [5.41, 5.74) is 23.1. The van der Waals surface area contributed by atoms with Gasteiger partial charge in [0.2, 0.25) is 0 Å². The Morgan fingerprint density at radius 3 is 1.55 bits per heavy atom. The van der Waals surface area contributed by atoms with Gasteiger partial charge in [0.15, 0.2) is 0 Å². The minimum atomic E-state index is -0.106. The van der Waals surface area contributed by atoms with E-state index in [4.69, 9.17) is 4.42 Å². The minimum absolute atomic E-state index is 0.0396. The van der Waals surface area contributed by atoms with Crippen LogP contribution in [0.1, 0.15) is 213 Å². The molecule has 5 aromatic rings. The van der Waals surface area contributed by atoms with Crippen molar-refractivity contribution in [2.45, 2.75) is 213 Å². The molecule has 4 heteroatoms. The number of anilines is 6. The zero-order valence-electron chi connectivity index (χ0n) is 43.9. The molecule has 0 atom stereocenters. The lowest BCUT2D eigenvalue weighted by molar-refractivity contribution is 0.282. The Morgan fingerprint density at radius 2 is 0.985 bits per heavy atom. The summed E-state index contributed by atoms with van der Waals surface area (Å²) in [5.74, 6) is 1.18. The van der Waals surface area contributed by atoms with Gasteiger partial charge in [0.1, 0.15) is 5.76 Å². The quantitative estimate of drug-likeness (QED) is 0.161.